The summed E-state index contributed by atoms with van der Waals surface area (Å²) in [6.07, 6.45) is 0.376. The Hall–Kier alpha value is -2.55. The van der Waals surface area contributed by atoms with Crippen molar-refractivity contribution >= 4 is 40.4 Å². The Bertz CT molecular complexity index is 722. The second kappa shape index (κ2) is 7.14. The van der Waals surface area contributed by atoms with Crippen molar-refractivity contribution < 1.29 is 23.9 Å². The van der Waals surface area contributed by atoms with Crippen LogP contribution < -0.4 is 10.1 Å². The number of ether oxygens (including phenoxy) is 1. The molecule has 3 rings (SSSR count). The number of nitrogens with one attached hydrogen (secondary N) is 1. The molecule has 0 radical (unpaired) electrons. The van der Waals surface area contributed by atoms with E-state index in [-0.39, 0.29) is 37.7 Å². The van der Waals surface area contributed by atoms with Gasteiger partial charge in [-0.1, -0.05) is 12.1 Å². The number of likely N-dealkylation sites (tertiary alicyclic amines) is 1. The van der Waals surface area contributed by atoms with E-state index in [0.29, 0.717) is 11.4 Å². The number of hydrogen-bond donors (Lipinski definition) is 1. The van der Waals surface area contributed by atoms with Crippen LogP contribution in [0.1, 0.15) is 12.8 Å². The van der Waals surface area contributed by atoms with Crippen LogP contribution in [0.5, 0.6) is 5.75 Å². The largest absolute Gasteiger partial charge is 0.495 e. The van der Waals surface area contributed by atoms with E-state index in [1.54, 1.807) is 24.3 Å². The first-order chi connectivity index (χ1) is 12.0. The molecule has 4 amide bonds. The van der Waals surface area contributed by atoms with Crippen molar-refractivity contribution in [1.82, 2.24) is 9.80 Å². The Kier molecular flexibility index (Phi) is 4.93. The molecule has 8 nitrogen and oxygen atoms in total. The van der Waals surface area contributed by atoms with Gasteiger partial charge in [-0.2, -0.15) is 0 Å². The van der Waals surface area contributed by atoms with Crippen LogP contribution in [0.3, 0.4) is 0 Å². The van der Waals surface area contributed by atoms with Gasteiger partial charge < -0.3 is 10.1 Å². The van der Waals surface area contributed by atoms with Gasteiger partial charge in [0.25, 0.3) is 11.1 Å². The summed E-state index contributed by atoms with van der Waals surface area (Å²) in [4.78, 5) is 50.0. The second-order valence-electron chi connectivity index (χ2n) is 5.54. The average molecular weight is 363 g/mol. The molecule has 0 aromatic heterocycles. The maximum atomic E-state index is 12.5. The highest BCUT2D eigenvalue weighted by molar-refractivity contribution is 8.15. The number of methoxy groups -OCH3 is 1. The van der Waals surface area contributed by atoms with E-state index in [9.17, 15) is 19.2 Å². The molecular formula is C16H17N3O5S. The molecule has 2 aliphatic rings. The Morgan fingerprint density at radius 1 is 1.08 bits per heavy atom. The number of anilines is 1. The van der Waals surface area contributed by atoms with Gasteiger partial charge in [0.05, 0.1) is 12.8 Å². The molecular weight excluding hydrogens is 346 g/mol. The molecule has 9 heteroatoms. The molecule has 0 bridgehead atoms. The molecule has 2 fully saturated rings. The summed E-state index contributed by atoms with van der Waals surface area (Å²) in [5, 5.41) is 1.82. The van der Waals surface area contributed by atoms with Gasteiger partial charge in [0.1, 0.15) is 5.75 Å². The zero-order chi connectivity index (χ0) is 18.0. The lowest BCUT2D eigenvalue weighted by Crippen LogP contribution is -2.41. The lowest BCUT2D eigenvalue weighted by molar-refractivity contribution is -0.139. The Morgan fingerprint density at radius 3 is 2.40 bits per heavy atom. The molecule has 1 aromatic rings. The molecule has 0 saturated carbocycles. The maximum Gasteiger partial charge on any atom is 0.290 e. The van der Waals surface area contributed by atoms with Gasteiger partial charge in [0.15, 0.2) is 5.37 Å². The van der Waals surface area contributed by atoms with Crippen LogP contribution in [0.2, 0.25) is 0 Å². The summed E-state index contributed by atoms with van der Waals surface area (Å²) in [5.41, 5.74) is 0.607. The first-order valence-electron chi connectivity index (χ1n) is 7.76. The molecule has 2 saturated heterocycles. The van der Waals surface area contributed by atoms with Gasteiger partial charge in [-0.25, -0.2) is 0 Å². The number of carbonyl (C=O) groups excluding carboxylic acids is 4. The topological polar surface area (TPSA) is 96.0 Å². The van der Waals surface area contributed by atoms with Gasteiger partial charge in [-0.05, 0) is 23.9 Å². The van der Waals surface area contributed by atoms with E-state index >= 15 is 0 Å². The third-order valence-electron chi connectivity index (χ3n) is 4.03. The van der Waals surface area contributed by atoms with Crippen LogP contribution in [-0.2, 0) is 14.4 Å². The van der Waals surface area contributed by atoms with Crippen molar-refractivity contribution in [2.24, 2.45) is 0 Å². The number of carbonyl (C=O) groups is 4. The lowest BCUT2D eigenvalue weighted by atomic mass is 10.3. The number of para-hydroxylation sites is 2. The third-order valence-corrected chi connectivity index (χ3v) is 5.00. The number of rotatable bonds is 6. The first kappa shape index (κ1) is 17.3. The van der Waals surface area contributed by atoms with Gasteiger partial charge in [-0.15, -0.1) is 0 Å². The summed E-state index contributed by atoms with van der Waals surface area (Å²) >= 11 is 0.862. The normalized spacial score (nSPS) is 20.6. The SMILES string of the molecule is COc1ccccc1N[C@@H]1SC(=O)N(CCN2C(=O)CCC2=O)C1=O. The first-order valence-corrected chi connectivity index (χ1v) is 8.64. The molecule has 1 aromatic carbocycles. The van der Waals surface area contributed by atoms with Gasteiger partial charge in [0.2, 0.25) is 11.8 Å². The molecule has 2 heterocycles. The van der Waals surface area contributed by atoms with Crippen LogP contribution in [0.15, 0.2) is 24.3 Å². The number of hydrogen-bond acceptors (Lipinski definition) is 7. The van der Waals surface area contributed by atoms with Crippen LogP contribution >= 0.6 is 11.8 Å². The zero-order valence-corrected chi connectivity index (χ0v) is 14.4. The Balaban J connectivity index is 1.64. The molecule has 1 atom stereocenters. The molecule has 0 spiro atoms. The molecule has 1 N–H and O–H groups in total. The molecule has 0 unspecified atom stereocenters. The minimum atomic E-state index is -0.770. The van der Waals surface area contributed by atoms with Crippen molar-refractivity contribution in [2.45, 2.75) is 18.2 Å². The van der Waals surface area contributed by atoms with Crippen LogP contribution in [0.4, 0.5) is 10.5 Å². The van der Waals surface area contributed by atoms with E-state index < -0.39 is 16.5 Å². The van der Waals surface area contributed by atoms with Crippen molar-refractivity contribution in [3.63, 3.8) is 0 Å². The Labute approximate surface area is 148 Å². The van der Waals surface area contributed by atoms with Gasteiger partial charge in [0, 0.05) is 25.9 Å². The maximum absolute atomic E-state index is 12.5. The van der Waals surface area contributed by atoms with Crippen molar-refractivity contribution in [3.8, 4) is 5.75 Å². The van der Waals surface area contributed by atoms with Crippen molar-refractivity contribution in [2.75, 3.05) is 25.5 Å². The minimum absolute atomic E-state index is 0.00620. The van der Waals surface area contributed by atoms with E-state index in [0.717, 1.165) is 21.6 Å². The number of imide groups is 2. The molecule has 25 heavy (non-hydrogen) atoms. The van der Waals surface area contributed by atoms with E-state index in [4.69, 9.17) is 4.74 Å². The number of benzene rings is 1. The molecule has 2 aliphatic heterocycles. The quantitative estimate of drug-likeness (QED) is 0.761. The van der Waals surface area contributed by atoms with Gasteiger partial charge >= 0.3 is 0 Å². The summed E-state index contributed by atoms with van der Waals surface area (Å²) in [5.74, 6) is -0.365. The van der Waals surface area contributed by atoms with E-state index in [2.05, 4.69) is 5.32 Å². The summed E-state index contributed by atoms with van der Waals surface area (Å²) < 4.78 is 5.22. The van der Waals surface area contributed by atoms with Crippen molar-refractivity contribution in [3.05, 3.63) is 24.3 Å². The number of nitrogens with zero attached hydrogens (tertiary/aromatic N) is 2. The highest BCUT2D eigenvalue weighted by atomic mass is 32.2. The fourth-order valence-electron chi connectivity index (χ4n) is 2.72. The average Bonchev–Trinajstić information content (AvgIpc) is 3.06. The fraction of sp³-hybridized carbons (Fsp3) is 0.375. The monoisotopic (exact) mass is 363 g/mol. The summed E-state index contributed by atoms with van der Waals surface area (Å²) in [7, 11) is 1.52. The van der Waals surface area contributed by atoms with Crippen LogP contribution in [0, 0.1) is 0 Å². The second-order valence-corrected chi connectivity index (χ2v) is 6.59. The minimum Gasteiger partial charge on any atom is -0.495 e. The number of amides is 4. The predicted molar refractivity (Wildman–Crippen MR) is 91.1 cm³/mol. The molecule has 0 aliphatic carbocycles. The fourth-order valence-corrected chi connectivity index (χ4v) is 3.64. The van der Waals surface area contributed by atoms with Gasteiger partial charge in [-0.3, -0.25) is 29.0 Å². The van der Waals surface area contributed by atoms with E-state index in [1.807, 2.05) is 0 Å². The number of thioether (sulfide) groups is 1. The van der Waals surface area contributed by atoms with Crippen LogP contribution in [0.25, 0.3) is 0 Å². The van der Waals surface area contributed by atoms with Crippen LogP contribution in [-0.4, -0.2) is 58.3 Å². The smallest absolute Gasteiger partial charge is 0.290 e. The summed E-state index contributed by atoms with van der Waals surface area (Å²) in [6.45, 7) is 0.0450. The highest BCUT2D eigenvalue weighted by Gasteiger charge is 2.40. The highest BCUT2D eigenvalue weighted by Crippen LogP contribution is 2.31. The standard InChI is InChI=1S/C16H17N3O5S/c1-24-11-5-3-2-4-10(11)17-14-15(22)19(16(23)25-14)9-8-18-12(20)6-7-13(18)21/h2-5,14,17H,6-9H2,1H3/t14-/m1/s1. The molecule has 132 valence electrons. The Morgan fingerprint density at radius 2 is 1.72 bits per heavy atom. The predicted octanol–water partition coefficient (Wildman–Crippen LogP) is 1.28. The zero-order valence-electron chi connectivity index (χ0n) is 13.6. The van der Waals surface area contributed by atoms with Crippen molar-refractivity contribution in [1.29, 1.82) is 0 Å². The van der Waals surface area contributed by atoms with E-state index in [1.165, 1.54) is 7.11 Å². The summed E-state index contributed by atoms with van der Waals surface area (Å²) in [6, 6.07) is 7.09. The third kappa shape index (κ3) is 3.46. The lowest BCUT2D eigenvalue weighted by Gasteiger charge is -2.19.